The van der Waals surface area contributed by atoms with Gasteiger partial charge >= 0.3 is 11.9 Å². The lowest BCUT2D eigenvalue weighted by Gasteiger charge is -1.91. The highest BCUT2D eigenvalue weighted by atomic mass is 16.5. The summed E-state index contributed by atoms with van der Waals surface area (Å²) < 4.78 is 4.63. The fourth-order valence-electron chi connectivity index (χ4n) is 1.63. The third-order valence-electron chi connectivity index (χ3n) is 2.70. The Bertz CT molecular complexity index is 612. The molecule has 0 aromatic heterocycles. The smallest absolute Gasteiger partial charge is 0.307 e. The number of carbonyl (C=O) groups excluding carboxylic acids is 1. The fraction of sp³-hybridized carbons (Fsp3) is 0.100. The first kappa shape index (κ1) is 18.9. The van der Waals surface area contributed by atoms with Gasteiger partial charge in [0.15, 0.2) is 0 Å². The topological polar surface area (TPSA) is 63.6 Å². The normalized spacial score (nSPS) is 10.2. The molecule has 0 saturated carbocycles. The molecule has 1 N–H and O–H groups in total. The van der Waals surface area contributed by atoms with Crippen LogP contribution < -0.4 is 0 Å². The molecule has 0 amide bonds. The van der Waals surface area contributed by atoms with Crippen molar-refractivity contribution in [3.05, 3.63) is 84.1 Å². The molecule has 0 unspecified atom stereocenters. The number of hydrogen-bond donors (Lipinski definition) is 1. The Kier molecular flexibility index (Phi) is 9.01. The predicted molar refractivity (Wildman–Crippen MR) is 95.0 cm³/mol. The molecule has 0 saturated heterocycles. The van der Waals surface area contributed by atoms with Crippen LogP contribution in [0.5, 0.6) is 0 Å². The van der Waals surface area contributed by atoms with Gasteiger partial charge in [-0.3, -0.25) is 9.59 Å². The fourth-order valence-corrected chi connectivity index (χ4v) is 1.63. The van der Waals surface area contributed by atoms with Gasteiger partial charge in [0.05, 0.1) is 12.7 Å². The van der Waals surface area contributed by atoms with Crippen molar-refractivity contribution in [3.63, 3.8) is 0 Å². The Hall–Kier alpha value is -3.14. The summed E-state index contributed by atoms with van der Waals surface area (Å²) in [4.78, 5) is 20.5. The molecule has 4 heteroatoms. The van der Waals surface area contributed by atoms with Crippen molar-refractivity contribution in [1.29, 1.82) is 0 Å². The van der Waals surface area contributed by atoms with E-state index in [-0.39, 0.29) is 12.4 Å². The quantitative estimate of drug-likeness (QED) is 0.654. The number of hydrogen-bond acceptors (Lipinski definition) is 3. The minimum atomic E-state index is -0.804. The number of carbonyl (C=O) groups is 2. The Morgan fingerprint density at radius 1 is 0.917 bits per heavy atom. The molecule has 0 fully saturated rings. The third-order valence-corrected chi connectivity index (χ3v) is 2.70. The van der Waals surface area contributed by atoms with Crippen molar-refractivity contribution in [2.75, 3.05) is 0 Å². The van der Waals surface area contributed by atoms with Gasteiger partial charge in [-0.1, -0.05) is 72.8 Å². The van der Waals surface area contributed by atoms with Crippen molar-refractivity contribution in [1.82, 2.24) is 0 Å². The largest absolute Gasteiger partial charge is 0.481 e. The Morgan fingerprint density at radius 2 is 1.42 bits per heavy atom. The van der Waals surface area contributed by atoms with Crippen molar-refractivity contribution in [3.8, 4) is 0 Å². The van der Waals surface area contributed by atoms with Gasteiger partial charge in [0.25, 0.3) is 0 Å². The second-order valence-electron chi connectivity index (χ2n) is 4.73. The summed E-state index contributed by atoms with van der Waals surface area (Å²) in [6, 6.07) is 19.3. The highest BCUT2D eigenvalue weighted by Gasteiger charge is 1.89. The molecule has 2 rings (SSSR count). The molecule has 124 valence electrons. The van der Waals surface area contributed by atoms with Gasteiger partial charge in [0, 0.05) is 6.92 Å². The van der Waals surface area contributed by atoms with Crippen LogP contribution in [0.25, 0.3) is 12.2 Å². The Morgan fingerprint density at radius 3 is 1.88 bits per heavy atom. The van der Waals surface area contributed by atoms with E-state index in [1.165, 1.54) is 13.2 Å². The lowest BCUT2D eigenvalue weighted by Crippen LogP contribution is -1.89. The predicted octanol–water partition coefficient (Wildman–Crippen LogP) is 4.39. The number of aliphatic carboxylic acids is 1. The first-order valence-corrected chi connectivity index (χ1v) is 7.40. The standard InChI is InChI=1S/2C10H10O2/c1-9(11)12-8-7-10-5-3-2-4-6-10;11-10(12)8-4-7-9-5-2-1-3-6-9/h2-8H,1H3;1-7H,8H2,(H,11,12). The zero-order valence-electron chi connectivity index (χ0n) is 13.5. The van der Waals surface area contributed by atoms with E-state index in [4.69, 9.17) is 5.11 Å². The van der Waals surface area contributed by atoms with Crippen molar-refractivity contribution >= 4 is 24.1 Å². The third kappa shape index (κ3) is 9.73. The van der Waals surface area contributed by atoms with Crippen LogP contribution in [0, 0.1) is 0 Å². The van der Waals surface area contributed by atoms with E-state index in [1.807, 2.05) is 60.7 Å². The minimum Gasteiger partial charge on any atom is -0.481 e. The Balaban J connectivity index is 0.000000240. The summed E-state index contributed by atoms with van der Waals surface area (Å²) in [5, 5.41) is 8.34. The molecule has 0 aliphatic carbocycles. The van der Waals surface area contributed by atoms with Crippen LogP contribution in [-0.4, -0.2) is 17.0 Å². The molecule has 0 aliphatic heterocycles. The van der Waals surface area contributed by atoms with Gasteiger partial charge in [0.2, 0.25) is 0 Å². The summed E-state index contributed by atoms with van der Waals surface area (Å²) in [5.41, 5.74) is 2.04. The average molecular weight is 324 g/mol. The Labute approximate surface area is 141 Å². The van der Waals surface area contributed by atoms with E-state index >= 15 is 0 Å². The molecule has 0 bridgehead atoms. The molecule has 0 heterocycles. The van der Waals surface area contributed by atoms with Crippen molar-refractivity contribution < 1.29 is 19.4 Å². The first-order valence-electron chi connectivity index (χ1n) is 7.40. The van der Waals surface area contributed by atoms with E-state index in [0.29, 0.717) is 0 Å². The van der Waals surface area contributed by atoms with E-state index in [9.17, 15) is 9.59 Å². The minimum absolute atomic E-state index is 0.0783. The van der Waals surface area contributed by atoms with Crippen LogP contribution in [0.4, 0.5) is 0 Å². The van der Waals surface area contributed by atoms with E-state index in [0.717, 1.165) is 11.1 Å². The van der Waals surface area contributed by atoms with Crippen molar-refractivity contribution in [2.24, 2.45) is 0 Å². The van der Waals surface area contributed by atoms with Gasteiger partial charge < -0.3 is 9.84 Å². The second kappa shape index (κ2) is 11.4. The van der Waals surface area contributed by atoms with E-state index in [2.05, 4.69) is 4.74 Å². The molecule has 0 atom stereocenters. The van der Waals surface area contributed by atoms with Crippen LogP contribution in [0.3, 0.4) is 0 Å². The summed E-state index contributed by atoms with van der Waals surface area (Å²) in [6.45, 7) is 1.37. The van der Waals surface area contributed by atoms with Gasteiger partial charge in [-0.15, -0.1) is 0 Å². The number of carboxylic acids is 1. The number of benzene rings is 2. The van der Waals surface area contributed by atoms with Gasteiger partial charge in [-0.05, 0) is 17.2 Å². The molecular formula is C20H20O4. The van der Waals surface area contributed by atoms with Crippen LogP contribution in [0.2, 0.25) is 0 Å². The van der Waals surface area contributed by atoms with Crippen LogP contribution in [0.1, 0.15) is 24.5 Å². The summed E-state index contributed by atoms with van der Waals surface area (Å²) in [7, 11) is 0. The number of carboxylic acid groups (broad SMARTS) is 1. The molecule has 0 aliphatic rings. The molecule has 4 nitrogen and oxygen atoms in total. The highest BCUT2D eigenvalue weighted by molar-refractivity contribution is 5.70. The maximum Gasteiger partial charge on any atom is 0.307 e. The lowest BCUT2D eigenvalue weighted by atomic mass is 10.2. The molecular weight excluding hydrogens is 304 g/mol. The number of esters is 1. The van der Waals surface area contributed by atoms with Crippen LogP contribution in [0.15, 0.2) is 73.0 Å². The molecule has 0 spiro atoms. The monoisotopic (exact) mass is 324 g/mol. The average Bonchev–Trinajstić information content (AvgIpc) is 2.57. The van der Waals surface area contributed by atoms with Gasteiger partial charge in [-0.2, -0.15) is 0 Å². The van der Waals surface area contributed by atoms with Gasteiger partial charge in [-0.25, -0.2) is 0 Å². The number of ether oxygens (including phenoxy) is 1. The molecule has 0 radical (unpaired) electrons. The zero-order chi connectivity index (χ0) is 17.6. The van der Waals surface area contributed by atoms with E-state index < -0.39 is 5.97 Å². The van der Waals surface area contributed by atoms with Crippen molar-refractivity contribution in [2.45, 2.75) is 13.3 Å². The van der Waals surface area contributed by atoms with Crippen LogP contribution in [-0.2, 0) is 14.3 Å². The summed E-state index contributed by atoms with van der Waals surface area (Å²) >= 11 is 0. The van der Waals surface area contributed by atoms with Gasteiger partial charge in [0.1, 0.15) is 0 Å². The zero-order valence-corrected chi connectivity index (χ0v) is 13.5. The first-order chi connectivity index (χ1) is 11.6. The second-order valence-corrected chi connectivity index (χ2v) is 4.73. The SMILES string of the molecule is CC(=O)OC=Cc1ccccc1.O=C(O)CC=Cc1ccccc1. The van der Waals surface area contributed by atoms with Crippen LogP contribution >= 0.6 is 0 Å². The maximum atomic E-state index is 10.4. The maximum absolute atomic E-state index is 10.4. The lowest BCUT2D eigenvalue weighted by molar-refractivity contribution is -0.136. The molecule has 2 aromatic carbocycles. The summed E-state index contributed by atoms with van der Waals surface area (Å²) in [5.74, 6) is -1.11. The van der Waals surface area contributed by atoms with E-state index in [1.54, 1.807) is 18.2 Å². The summed E-state index contributed by atoms with van der Waals surface area (Å²) in [6.07, 6.45) is 6.64. The number of rotatable bonds is 5. The molecule has 2 aromatic rings. The highest BCUT2D eigenvalue weighted by Crippen LogP contribution is 2.01. The molecule has 24 heavy (non-hydrogen) atoms.